The molecule has 5 heteroatoms. The van der Waals surface area contributed by atoms with E-state index in [1.807, 2.05) is 24.3 Å². The van der Waals surface area contributed by atoms with Crippen molar-refractivity contribution in [2.45, 2.75) is 37.6 Å². The molecule has 0 bridgehead atoms. The van der Waals surface area contributed by atoms with E-state index in [0.29, 0.717) is 37.0 Å². The summed E-state index contributed by atoms with van der Waals surface area (Å²) in [5, 5.41) is 7.33. The van der Waals surface area contributed by atoms with Gasteiger partial charge >= 0.3 is 0 Å². The van der Waals surface area contributed by atoms with Gasteiger partial charge < -0.3 is 15.4 Å². The van der Waals surface area contributed by atoms with Crippen LogP contribution >= 0.6 is 11.6 Å². The fourth-order valence-corrected chi connectivity index (χ4v) is 3.99. The van der Waals surface area contributed by atoms with Gasteiger partial charge in [-0.2, -0.15) is 0 Å². The zero-order valence-corrected chi connectivity index (χ0v) is 14.4. The first-order valence-corrected chi connectivity index (χ1v) is 8.86. The van der Waals surface area contributed by atoms with Crippen LogP contribution in [0.2, 0.25) is 5.02 Å². The molecule has 1 aromatic rings. The standard InChI is InChI=1S/C18H25ClN2O2/c1-13-6-9-20-12-16(13)21-17(22)18(7-10-23-11-8-18)14-4-2-3-5-15(14)19/h2-5,13,16,20H,6-12H2,1H3,(H,21,22). The first kappa shape index (κ1) is 16.7. The molecule has 2 N–H and O–H groups in total. The van der Waals surface area contributed by atoms with Gasteiger partial charge in [0.1, 0.15) is 0 Å². The molecule has 0 spiro atoms. The minimum absolute atomic E-state index is 0.0921. The van der Waals surface area contributed by atoms with Gasteiger partial charge in [-0.3, -0.25) is 4.79 Å². The molecule has 1 amide bonds. The van der Waals surface area contributed by atoms with E-state index in [1.165, 1.54) is 0 Å². The lowest BCUT2D eigenvalue weighted by Gasteiger charge is -2.39. The first-order chi connectivity index (χ1) is 11.1. The Morgan fingerprint density at radius 1 is 1.35 bits per heavy atom. The van der Waals surface area contributed by atoms with Gasteiger partial charge in [0.05, 0.1) is 5.41 Å². The van der Waals surface area contributed by atoms with E-state index in [9.17, 15) is 4.79 Å². The van der Waals surface area contributed by atoms with Gasteiger partial charge in [0.2, 0.25) is 5.91 Å². The van der Waals surface area contributed by atoms with Gasteiger partial charge in [0, 0.05) is 30.8 Å². The van der Waals surface area contributed by atoms with Crippen molar-refractivity contribution in [1.82, 2.24) is 10.6 Å². The van der Waals surface area contributed by atoms with Crippen LogP contribution in [-0.2, 0) is 14.9 Å². The first-order valence-electron chi connectivity index (χ1n) is 8.48. The maximum absolute atomic E-state index is 13.2. The summed E-state index contributed by atoms with van der Waals surface area (Å²) in [5.41, 5.74) is 0.354. The Balaban J connectivity index is 1.86. The highest BCUT2D eigenvalue weighted by molar-refractivity contribution is 6.31. The molecule has 4 nitrogen and oxygen atoms in total. The number of halogens is 1. The monoisotopic (exact) mass is 336 g/mol. The molecule has 0 aliphatic carbocycles. The van der Waals surface area contributed by atoms with Crippen LogP contribution < -0.4 is 10.6 Å². The summed E-state index contributed by atoms with van der Waals surface area (Å²) < 4.78 is 5.51. The molecule has 126 valence electrons. The van der Waals surface area contributed by atoms with Gasteiger partial charge in [0.25, 0.3) is 0 Å². The number of amides is 1. The highest BCUT2D eigenvalue weighted by atomic mass is 35.5. The van der Waals surface area contributed by atoms with Crippen LogP contribution in [0.4, 0.5) is 0 Å². The summed E-state index contributed by atoms with van der Waals surface area (Å²) in [6.45, 7) is 5.26. The predicted molar refractivity (Wildman–Crippen MR) is 91.8 cm³/mol. The third-order valence-electron chi connectivity index (χ3n) is 5.31. The fraction of sp³-hybridized carbons (Fsp3) is 0.611. The zero-order chi connectivity index (χ0) is 16.3. The Kier molecular flexibility index (Phi) is 5.24. The lowest BCUT2D eigenvalue weighted by Crippen LogP contribution is -2.56. The van der Waals surface area contributed by atoms with Gasteiger partial charge in [0.15, 0.2) is 0 Å². The smallest absolute Gasteiger partial charge is 0.231 e. The second kappa shape index (κ2) is 7.20. The topological polar surface area (TPSA) is 50.4 Å². The molecule has 2 aliphatic rings. The number of piperidine rings is 1. The highest BCUT2D eigenvalue weighted by Gasteiger charge is 2.44. The van der Waals surface area contributed by atoms with Gasteiger partial charge in [-0.05, 0) is 43.4 Å². The quantitative estimate of drug-likeness (QED) is 0.891. The zero-order valence-electron chi connectivity index (χ0n) is 13.6. The third-order valence-corrected chi connectivity index (χ3v) is 5.64. The van der Waals surface area contributed by atoms with E-state index in [0.717, 1.165) is 25.1 Å². The van der Waals surface area contributed by atoms with Crippen molar-refractivity contribution >= 4 is 17.5 Å². The summed E-state index contributed by atoms with van der Waals surface area (Å²) in [4.78, 5) is 13.2. The summed E-state index contributed by atoms with van der Waals surface area (Å²) in [6, 6.07) is 7.89. The lowest BCUT2D eigenvalue weighted by molar-refractivity contribution is -0.131. The number of hydrogen-bond donors (Lipinski definition) is 2. The van der Waals surface area contributed by atoms with Crippen molar-refractivity contribution in [3.05, 3.63) is 34.9 Å². The van der Waals surface area contributed by atoms with Crippen molar-refractivity contribution in [1.29, 1.82) is 0 Å². The average molecular weight is 337 g/mol. The number of benzene rings is 1. The van der Waals surface area contributed by atoms with Crippen LogP contribution in [0, 0.1) is 5.92 Å². The van der Waals surface area contributed by atoms with Crippen molar-refractivity contribution in [3.63, 3.8) is 0 Å². The number of rotatable bonds is 3. The number of carbonyl (C=O) groups excluding carboxylic acids is 1. The average Bonchev–Trinajstić information content (AvgIpc) is 2.58. The Morgan fingerprint density at radius 3 is 2.78 bits per heavy atom. The van der Waals surface area contributed by atoms with Crippen LogP contribution in [0.3, 0.4) is 0 Å². The number of carbonyl (C=O) groups is 1. The van der Waals surface area contributed by atoms with Crippen LogP contribution in [0.25, 0.3) is 0 Å². The van der Waals surface area contributed by atoms with E-state index < -0.39 is 5.41 Å². The Morgan fingerprint density at radius 2 is 2.09 bits per heavy atom. The normalized spacial score (nSPS) is 27.4. The van der Waals surface area contributed by atoms with Gasteiger partial charge in [-0.1, -0.05) is 36.7 Å². The molecular weight excluding hydrogens is 312 g/mol. The molecule has 2 unspecified atom stereocenters. The predicted octanol–water partition coefficient (Wildman–Crippen LogP) is 2.50. The number of ether oxygens (including phenoxy) is 1. The summed E-state index contributed by atoms with van der Waals surface area (Å²) in [5.74, 6) is 0.581. The maximum Gasteiger partial charge on any atom is 0.231 e. The van der Waals surface area contributed by atoms with E-state index in [-0.39, 0.29) is 11.9 Å². The summed E-state index contributed by atoms with van der Waals surface area (Å²) >= 11 is 6.43. The number of nitrogens with one attached hydrogen (secondary N) is 2. The van der Waals surface area contributed by atoms with Gasteiger partial charge in [-0.15, -0.1) is 0 Å². The van der Waals surface area contributed by atoms with E-state index >= 15 is 0 Å². The van der Waals surface area contributed by atoms with Crippen molar-refractivity contribution in [2.75, 3.05) is 26.3 Å². The van der Waals surface area contributed by atoms with Crippen LogP contribution in [0.15, 0.2) is 24.3 Å². The second-order valence-electron chi connectivity index (χ2n) is 6.72. The molecule has 1 aromatic carbocycles. The summed E-state index contributed by atoms with van der Waals surface area (Å²) in [7, 11) is 0. The molecule has 3 rings (SSSR count). The van der Waals surface area contributed by atoms with Crippen molar-refractivity contribution < 1.29 is 9.53 Å². The molecule has 2 atom stereocenters. The fourth-order valence-electron chi connectivity index (χ4n) is 3.68. The van der Waals surface area contributed by atoms with Crippen LogP contribution in [0.1, 0.15) is 31.7 Å². The molecule has 0 aromatic heterocycles. The van der Waals surface area contributed by atoms with Crippen LogP contribution in [-0.4, -0.2) is 38.3 Å². The molecule has 0 saturated carbocycles. The Labute approximate surface area is 142 Å². The summed E-state index contributed by atoms with van der Waals surface area (Å²) in [6.07, 6.45) is 2.45. The Bertz CT molecular complexity index is 558. The molecule has 2 aliphatic heterocycles. The molecule has 23 heavy (non-hydrogen) atoms. The minimum Gasteiger partial charge on any atom is -0.381 e. The largest absolute Gasteiger partial charge is 0.381 e. The molecular formula is C18H25ClN2O2. The lowest BCUT2D eigenvalue weighted by atomic mass is 9.73. The van der Waals surface area contributed by atoms with Crippen LogP contribution in [0.5, 0.6) is 0 Å². The molecule has 0 radical (unpaired) electrons. The van der Waals surface area contributed by atoms with Crippen molar-refractivity contribution in [3.8, 4) is 0 Å². The number of hydrogen-bond acceptors (Lipinski definition) is 3. The minimum atomic E-state index is -0.576. The maximum atomic E-state index is 13.2. The highest BCUT2D eigenvalue weighted by Crippen LogP contribution is 2.39. The van der Waals surface area contributed by atoms with Crippen molar-refractivity contribution in [2.24, 2.45) is 5.92 Å². The third kappa shape index (κ3) is 3.39. The van der Waals surface area contributed by atoms with Gasteiger partial charge in [-0.25, -0.2) is 0 Å². The van der Waals surface area contributed by atoms with E-state index in [2.05, 4.69) is 17.6 Å². The molecule has 2 heterocycles. The molecule has 2 fully saturated rings. The van der Waals surface area contributed by atoms with E-state index in [4.69, 9.17) is 16.3 Å². The Hall–Kier alpha value is -1.10. The van der Waals surface area contributed by atoms with E-state index in [1.54, 1.807) is 0 Å². The SMILES string of the molecule is CC1CCNCC1NC(=O)C1(c2ccccc2Cl)CCOCC1. The molecule has 2 saturated heterocycles. The second-order valence-corrected chi connectivity index (χ2v) is 7.13.